The minimum Gasteiger partial charge on any atom is -0.432 e. The normalized spacial score (nSPS) is 13.6. The minimum absolute atomic E-state index is 0.0242. The SMILES string of the molecule is [B]c1ccc2c(c1)C(CCCCCCCC)(CCCCCCCC)c1cc([B]OCCO)ccc1-2. The monoisotopic (exact) mass is 471 g/mol. The summed E-state index contributed by atoms with van der Waals surface area (Å²) in [6.07, 6.45) is 18.1. The van der Waals surface area contributed by atoms with Crippen molar-refractivity contribution in [3.8, 4) is 11.1 Å². The molecule has 2 nitrogen and oxygen atoms in total. The number of aliphatic hydroxyl groups is 1. The number of rotatable bonds is 18. The Kier molecular flexibility index (Phi) is 12.0. The van der Waals surface area contributed by atoms with Crippen molar-refractivity contribution in [3.63, 3.8) is 0 Å². The molecule has 3 radical (unpaired) electrons. The number of benzene rings is 2. The summed E-state index contributed by atoms with van der Waals surface area (Å²) in [5, 5.41) is 9.12. The predicted molar refractivity (Wildman–Crippen MR) is 152 cm³/mol. The van der Waals surface area contributed by atoms with Gasteiger partial charge in [-0.1, -0.05) is 138 Å². The van der Waals surface area contributed by atoms with E-state index in [9.17, 15) is 0 Å². The molecule has 4 heteroatoms. The van der Waals surface area contributed by atoms with Gasteiger partial charge in [0.1, 0.15) is 7.85 Å². The van der Waals surface area contributed by atoms with Crippen LogP contribution in [0.4, 0.5) is 0 Å². The highest BCUT2D eigenvalue weighted by molar-refractivity contribution is 6.47. The lowest BCUT2D eigenvalue weighted by molar-refractivity contribution is 0.209. The largest absolute Gasteiger partial charge is 0.432 e. The molecule has 0 atom stereocenters. The van der Waals surface area contributed by atoms with Crippen LogP contribution in [0.3, 0.4) is 0 Å². The van der Waals surface area contributed by atoms with Gasteiger partial charge in [0, 0.05) is 5.41 Å². The molecule has 0 spiro atoms. The first kappa shape index (κ1) is 28.1. The summed E-state index contributed by atoms with van der Waals surface area (Å²) in [6.45, 7) is 4.93. The van der Waals surface area contributed by atoms with E-state index in [1.165, 1.54) is 112 Å². The Hall–Kier alpha value is -1.51. The van der Waals surface area contributed by atoms with Crippen LogP contribution < -0.4 is 10.9 Å². The Morgan fingerprint density at radius 2 is 1.29 bits per heavy atom. The van der Waals surface area contributed by atoms with Crippen LogP contribution in [0.1, 0.15) is 115 Å². The average Bonchev–Trinajstić information content (AvgIpc) is 3.12. The van der Waals surface area contributed by atoms with Gasteiger partial charge in [0.15, 0.2) is 0 Å². The Labute approximate surface area is 216 Å². The van der Waals surface area contributed by atoms with Gasteiger partial charge in [0.25, 0.3) is 0 Å². The number of fused-ring (bicyclic) bond motifs is 3. The summed E-state index contributed by atoms with van der Waals surface area (Å²) in [4.78, 5) is 0. The van der Waals surface area contributed by atoms with Gasteiger partial charge in [-0.2, -0.15) is 0 Å². The summed E-state index contributed by atoms with van der Waals surface area (Å²) in [5.74, 6) is 0. The van der Waals surface area contributed by atoms with E-state index in [1.807, 2.05) is 0 Å². The van der Waals surface area contributed by atoms with Crippen molar-refractivity contribution < 1.29 is 9.76 Å². The highest BCUT2D eigenvalue weighted by Crippen LogP contribution is 2.53. The third-order valence-corrected chi connectivity index (χ3v) is 7.75. The van der Waals surface area contributed by atoms with E-state index in [0.717, 1.165) is 10.9 Å². The molecule has 0 aliphatic heterocycles. The molecule has 187 valence electrons. The third kappa shape index (κ3) is 7.49. The minimum atomic E-state index is 0.0242. The van der Waals surface area contributed by atoms with Gasteiger partial charge in [-0.25, -0.2) is 0 Å². The van der Waals surface area contributed by atoms with Crippen LogP contribution in [0.2, 0.25) is 0 Å². The van der Waals surface area contributed by atoms with Gasteiger partial charge < -0.3 is 9.76 Å². The molecule has 3 rings (SSSR count). The van der Waals surface area contributed by atoms with Crippen molar-refractivity contribution in [3.05, 3.63) is 47.5 Å². The standard InChI is InChI=1S/C31H45B2O2/c1-3-5-7-9-11-13-19-31(20-14-12-10-8-6-4-2)29-23-25(32)15-17-27(29)28-18-16-26(24-30(28)31)33-35-22-21-34/h15-18,23-24,34H,3-14,19-22H2,1-2H3. The Balaban J connectivity index is 1.89. The van der Waals surface area contributed by atoms with Crippen LogP contribution in [-0.2, 0) is 10.1 Å². The highest BCUT2D eigenvalue weighted by atomic mass is 16.4. The second-order valence-electron chi connectivity index (χ2n) is 10.4. The van der Waals surface area contributed by atoms with Crippen molar-refractivity contribution >= 4 is 26.3 Å². The van der Waals surface area contributed by atoms with Crippen molar-refractivity contribution in [1.82, 2.24) is 0 Å². The van der Waals surface area contributed by atoms with Crippen molar-refractivity contribution in [2.75, 3.05) is 13.2 Å². The maximum Gasteiger partial charge on any atom is 0.330 e. The lowest BCUT2D eigenvalue weighted by Crippen LogP contribution is -2.29. The first-order valence-corrected chi connectivity index (χ1v) is 14.3. The molecular formula is C31H45B2O2. The first-order valence-electron chi connectivity index (χ1n) is 14.3. The Morgan fingerprint density at radius 1 is 0.743 bits per heavy atom. The smallest absolute Gasteiger partial charge is 0.330 e. The zero-order valence-corrected chi connectivity index (χ0v) is 22.3. The topological polar surface area (TPSA) is 29.5 Å². The van der Waals surface area contributed by atoms with E-state index >= 15 is 0 Å². The van der Waals surface area contributed by atoms with E-state index in [-0.39, 0.29) is 12.0 Å². The van der Waals surface area contributed by atoms with Gasteiger partial charge in [0.2, 0.25) is 0 Å². The molecule has 0 bridgehead atoms. The van der Waals surface area contributed by atoms with Gasteiger partial charge in [-0.05, 0) is 35.1 Å². The number of unbranched alkanes of at least 4 members (excludes halogenated alkanes) is 10. The number of aliphatic hydroxyl groups excluding tert-OH is 1. The molecule has 0 saturated carbocycles. The van der Waals surface area contributed by atoms with E-state index in [2.05, 4.69) is 50.2 Å². The van der Waals surface area contributed by atoms with Crippen LogP contribution in [0.5, 0.6) is 0 Å². The predicted octanol–water partition coefficient (Wildman–Crippen LogP) is 6.50. The fourth-order valence-corrected chi connectivity index (χ4v) is 5.89. The molecule has 0 aromatic heterocycles. The Morgan fingerprint density at radius 3 is 1.89 bits per heavy atom. The summed E-state index contributed by atoms with van der Waals surface area (Å²) < 4.78 is 5.57. The quantitative estimate of drug-likeness (QED) is 0.199. The summed E-state index contributed by atoms with van der Waals surface area (Å²) in [6, 6.07) is 13.3. The molecule has 0 saturated heterocycles. The van der Waals surface area contributed by atoms with Gasteiger partial charge in [-0.15, -0.1) is 0 Å². The molecule has 1 N–H and O–H groups in total. The Bertz CT molecular complexity index is 880. The van der Waals surface area contributed by atoms with Crippen molar-refractivity contribution in [2.45, 2.75) is 109 Å². The van der Waals surface area contributed by atoms with Gasteiger partial charge in [0.05, 0.1) is 13.2 Å². The fraction of sp³-hybridized carbons (Fsp3) is 0.613. The number of hydrogen-bond donors (Lipinski definition) is 1. The molecule has 0 fully saturated rings. The molecule has 2 aromatic carbocycles. The summed E-state index contributed by atoms with van der Waals surface area (Å²) >= 11 is 0. The van der Waals surface area contributed by atoms with Crippen molar-refractivity contribution in [2.24, 2.45) is 0 Å². The highest BCUT2D eigenvalue weighted by Gasteiger charge is 2.42. The number of hydrogen-bond acceptors (Lipinski definition) is 2. The van der Waals surface area contributed by atoms with Crippen LogP contribution in [0, 0.1) is 0 Å². The van der Waals surface area contributed by atoms with E-state index < -0.39 is 0 Å². The van der Waals surface area contributed by atoms with Crippen LogP contribution in [0.25, 0.3) is 11.1 Å². The molecule has 2 aromatic rings. The lowest BCUT2D eigenvalue weighted by Gasteiger charge is -2.33. The molecule has 1 aliphatic carbocycles. The molecule has 0 amide bonds. The maximum absolute atomic E-state index is 9.12. The van der Waals surface area contributed by atoms with Crippen LogP contribution in [0.15, 0.2) is 36.4 Å². The average molecular weight is 471 g/mol. The molecular weight excluding hydrogens is 426 g/mol. The van der Waals surface area contributed by atoms with Crippen LogP contribution >= 0.6 is 0 Å². The molecule has 35 heavy (non-hydrogen) atoms. The molecule has 0 heterocycles. The van der Waals surface area contributed by atoms with E-state index in [4.69, 9.17) is 17.6 Å². The summed E-state index contributed by atoms with van der Waals surface area (Å²) in [5.41, 5.74) is 7.56. The second-order valence-corrected chi connectivity index (χ2v) is 10.4. The zero-order chi connectivity index (χ0) is 24.9. The lowest BCUT2D eigenvalue weighted by atomic mass is 9.69. The third-order valence-electron chi connectivity index (χ3n) is 7.75. The van der Waals surface area contributed by atoms with E-state index in [1.54, 1.807) is 7.48 Å². The fourth-order valence-electron chi connectivity index (χ4n) is 5.89. The summed E-state index contributed by atoms with van der Waals surface area (Å²) in [7, 11) is 8.17. The van der Waals surface area contributed by atoms with Gasteiger partial charge in [-0.3, -0.25) is 0 Å². The molecule has 1 aliphatic rings. The first-order chi connectivity index (χ1) is 17.2. The second kappa shape index (κ2) is 14.9. The van der Waals surface area contributed by atoms with Gasteiger partial charge >= 0.3 is 7.48 Å². The van der Waals surface area contributed by atoms with Crippen LogP contribution in [-0.4, -0.2) is 33.6 Å². The molecule has 0 unspecified atom stereocenters. The zero-order valence-electron chi connectivity index (χ0n) is 22.3. The van der Waals surface area contributed by atoms with E-state index in [0.29, 0.717) is 6.61 Å². The maximum atomic E-state index is 9.12. The van der Waals surface area contributed by atoms with Crippen molar-refractivity contribution in [1.29, 1.82) is 0 Å².